The van der Waals surface area contributed by atoms with E-state index in [0.29, 0.717) is 17.4 Å². The molecule has 0 saturated carbocycles. The second kappa shape index (κ2) is 7.22. The van der Waals surface area contributed by atoms with Crippen molar-refractivity contribution in [3.63, 3.8) is 0 Å². The van der Waals surface area contributed by atoms with Gasteiger partial charge in [-0.25, -0.2) is 0 Å². The van der Waals surface area contributed by atoms with E-state index in [4.69, 9.17) is 22.4 Å². The first kappa shape index (κ1) is 11.6. The van der Waals surface area contributed by atoms with Gasteiger partial charge >= 0.3 is 0 Å². The number of ether oxygens (including phenoxy) is 1. The van der Waals surface area contributed by atoms with Gasteiger partial charge in [0.2, 0.25) is 5.05 Å². The van der Waals surface area contributed by atoms with E-state index in [9.17, 15) is 0 Å². The fraction of sp³-hybridized carbons (Fsp3) is 0.778. The van der Waals surface area contributed by atoms with Gasteiger partial charge in [0.05, 0.1) is 12.3 Å². The molecule has 0 heterocycles. The summed E-state index contributed by atoms with van der Waals surface area (Å²) in [7, 11) is 0. The maximum atomic E-state index is 7.51. The molecule has 1 N–H and O–H groups in total. The summed E-state index contributed by atoms with van der Waals surface area (Å²) in [4.78, 5) is 0. The van der Waals surface area contributed by atoms with Gasteiger partial charge in [-0.05, 0) is 32.0 Å². The molecule has 0 aliphatic carbocycles. The minimum Gasteiger partial charge on any atom is -0.482 e. The minimum atomic E-state index is 0.369. The van der Waals surface area contributed by atoms with Gasteiger partial charge in [0, 0.05) is 0 Å². The first-order valence-electron chi connectivity index (χ1n) is 4.46. The number of hydrogen-bond donors (Lipinski definition) is 1. The van der Waals surface area contributed by atoms with Crippen molar-refractivity contribution in [3.8, 4) is 0 Å². The molecule has 70 valence electrons. The van der Waals surface area contributed by atoms with Crippen molar-refractivity contribution in [1.82, 2.24) is 0 Å². The predicted molar refractivity (Wildman–Crippen MR) is 56.1 cm³/mol. The van der Waals surface area contributed by atoms with Gasteiger partial charge in [-0.2, -0.15) is 0 Å². The number of unbranched alkanes of at least 4 members (excludes halogenated alkanes) is 2. The summed E-state index contributed by atoms with van der Waals surface area (Å²) in [6, 6.07) is 0. The Bertz CT molecular complexity index is 157. The fourth-order valence-electron chi connectivity index (χ4n) is 0.872. The van der Waals surface area contributed by atoms with Crippen LogP contribution in [0.25, 0.3) is 0 Å². The lowest BCUT2D eigenvalue weighted by molar-refractivity contribution is 0.341. The van der Waals surface area contributed by atoms with Gasteiger partial charge in [0.25, 0.3) is 0 Å². The molecule has 0 aliphatic heterocycles. The summed E-state index contributed by atoms with van der Waals surface area (Å²) < 4.78 is 5.04. The van der Waals surface area contributed by atoms with E-state index in [1.165, 1.54) is 6.42 Å². The summed E-state index contributed by atoms with van der Waals surface area (Å²) in [5, 5.41) is 7.88. The van der Waals surface area contributed by atoms with Gasteiger partial charge in [-0.3, -0.25) is 0 Å². The fourth-order valence-corrected chi connectivity index (χ4v) is 1.09. The molecule has 12 heavy (non-hydrogen) atoms. The molecule has 0 atom stereocenters. The van der Waals surface area contributed by atoms with Crippen LogP contribution in [0.4, 0.5) is 0 Å². The average Bonchev–Trinajstić information content (AvgIpc) is 2.05. The highest BCUT2D eigenvalue weighted by Crippen LogP contribution is 2.01. The Labute approximate surface area is 79.8 Å². The summed E-state index contributed by atoms with van der Waals surface area (Å²) in [5.41, 5.74) is 0.473. The molecule has 0 bridgehead atoms. The highest BCUT2D eigenvalue weighted by Gasteiger charge is 2.03. The second-order valence-corrected chi connectivity index (χ2v) is 3.03. The maximum Gasteiger partial charge on any atom is 0.205 e. The van der Waals surface area contributed by atoms with Crippen LogP contribution in [-0.2, 0) is 4.74 Å². The van der Waals surface area contributed by atoms with Crippen molar-refractivity contribution in [2.45, 2.75) is 39.5 Å². The zero-order valence-electron chi connectivity index (χ0n) is 7.85. The highest BCUT2D eigenvalue weighted by atomic mass is 32.1. The standard InChI is InChI=1S/C9H17NOS/c1-3-5-6-7-8(10)9(12)11-4-2/h10H,3-7H2,1-2H3. The third-order valence-corrected chi connectivity index (χ3v) is 1.92. The molecule has 0 saturated heterocycles. The number of nitrogens with one attached hydrogen (secondary N) is 1. The van der Waals surface area contributed by atoms with Gasteiger partial charge in [0.1, 0.15) is 0 Å². The first-order valence-corrected chi connectivity index (χ1v) is 4.87. The summed E-state index contributed by atoms with van der Waals surface area (Å²) >= 11 is 4.88. The van der Waals surface area contributed by atoms with Gasteiger partial charge in [-0.15, -0.1) is 0 Å². The van der Waals surface area contributed by atoms with Crippen LogP contribution in [0, 0.1) is 5.41 Å². The van der Waals surface area contributed by atoms with Crippen LogP contribution >= 0.6 is 12.2 Å². The van der Waals surface area contributed by atoms with Crippen LogP contribution in [0.2, 0.25) is 0 Å². The predicted octanol–water partition coefficient (Wildman–Crippen LogP) is 2.95. The molecule has 0 aromatic rings. The van der Waals surface area contributed by atoms with Crippen LogP contribution in [0.15, 0.2) is 0 Å². The summed E-state index contributed by atoms with van der Waals surface area (Å²) in [6.45, 7) is 4.59. The monoisotopic (exact) mass is 187 g/mol. The first-order chi connectivity index (χ1) is 5.72. The second-order valence-electron chi connectivity index (χ2n) is 2.66. The molecule has 0 fully saturated rings. The summed E-state index contributed by atoms with van der Waals surface area (Å²) in [5.74, 6) is 0. The Morgan fingerprint density at radius 3 is 2.50 bits per heavy atom. The van der Waals surface area contributed by atoms with Crippen molar-refractivity contribution in [2.24, 2.45) is 0 Å². The van der Waals surface area contributed by atoms with Crippen molar-refractivity contribution in [3.05, 3.63) is 0 Å². The van der Waals surface area contributed by atoms with Crippen LogP contribution < -0.4 is 0 Å². The summed E-state index contributed by atoms with van der Waals surface area (Å²) in [6.07, 6.45) is 4.14. The topological polar surface area (TPSA) is 33.1 Å². The Morgan fingerprint density at radius 2 is 2.00 bits per heavy atom. The molecule has 0 rings (SSSR count). The molecule has 0 aliphatic rings. The van der Waals surface area contributed by atoms with Crippen LogP contribution in [0.1, 0.15) is 39.5 Å². The van der Waals surface area contributed by atoms with Crippen molar-refractivity contribution < 1.29 is 4.74 Å². The lowest BCUT2D eigenvalue weighted by atomic mass is 10.1. The van der Waals surface area contributed by atoms with Gasteiger partial charge in [-0.1, -0.05) is 19.8 Å². The Kier molecular flexibility index (Phi) is 6.96. The molecule has 0 spiro atoms. The van der Waals surface area contributed by atoms with Gasteiger partial charge < -0.3 is 10.1 Å². The molecule has 2 nitrogen and oxygen atoms in total. The van der Waals surface area contributed by atoms with Crippen LogP contribution in [0.5, 0.6) is 0 Å². The smallest absolute Gasteiger partial charge is 0.205 e. The van der Waals surface area contributed by atoms with Crippen LogP contribution in [0.3, 0.4) is 0 Å². The van der Waals surface area contributed by atoms with E-state index in [1.807, 2.05) is 6.92 Å². The quantitative estimate of drug-likeness (QED) is 0.394. The number of rotatable bonds is 6. The lowest BCUT2D eigenvalue weighted by Crippen LogP contribution is -2.13. The van der Waals surface area contributed by atoms with Crippen molar-refractivity contribution in [2.75, 3.05) is 6.61 Å². The van der Waals surface area contributed by atoms with E-state index >= 15 is 0 Å². The Balaban J connectivity index is 3.50. The zero-order chi connectivity index (χ0) is 9.40. The zero-order valence-corrected chi connectivity index (χ0v) is 8.67. The molecule has 0 amide bonds. The number of thiocarbonyl (C=S) groups is 1. The molecule has 0 aromatic carbocycles. The molecule has 0 unspecified atom stereocenters. The molecule has 0 radical (unpaired) electrons. The van der Waals surface area contributed by atoms with E-state index in [0.717, 1.165) is 19.3 Å². The molecule has 0 aromatic heterocycles. The Hall–Kier alpha value is -0.440. The maximum absolute atomic E-state index is 7.51. The number of hydrogen-bond acceptors (Lipinski definition) is 3. The third kappa shape index (κ3) is 5.24. The normalized spacial score (nSPS) is 9.50. The molecule has 3 heteroatoms. The van der Waals surface area contributed by atoms with Crippen LogP contribution in [-0.4, -0.2) is 17.4 Å². The highest BCUT2D eigenvalue weighted by molar-refractivity contribution is 7.81. The van der Waals surface area contributed by atoms with E-state index in [1.54, 1.807) is 0 Å². The van der Waals surface area contributed by atoms with E-state index < -0.39 is 0 Å². The van der Waals surface area contributed by atoms with E-state index in [-0.39, 0.29) is 0 Å². The van der Waals surface area contributed by atoms with Crippen molar-refractivity contribution in [1.29, 1.82) is 5.41 Å². The SMILES string of the molecule is CCCCCC(=N)C(=S)OCC. The van der Waals surface area contributed by atoms with E-state index in [2.05, 4.69) is 6.92 Å². The minimum absolute atomic E-state index is 0.369. The van der Waals surface area contributed by atoms with Crippen molar-refractivity contribution >= 4 is 23.0 Å². The molecular formula is C9H17NOS. The Morgan fingerprint density at radius 1 is 1.33 bits per heavy atom. The van der Waals surface area contributed by atoms with Gasteiger partial charge in [0.15, 0.2) is 0 Å². The third-order valence-electron chi connectivity index (χ3n) is 1.55. The largest absolute Gasteiger partial charge is 0.482 e. The average molecular weight is 187 g/mol. The lowest BCUT2D eigenvalue weighted by Gasteiger charge is -2.05. The molecular weight excluding hydrogens is 170 g/mol.